The van der Waals surface area contributed by atoms with E-state index >= 15 is 0 Å². The van der Waals surface area contributed by atoms with Gasteiger partial charge in [0, 0.05) is 5.92 Å². The Hall–Kier alpha value is -3.56. The molecule has 0 spiro atoms. The van der Waals surface area contributed by atoms with E-state index in [4.69, 9.17) is 9.47 Å². The van der Waals surface area contributed by atoms with Crippen molar-refractivity contribution in [3.05, 3.63) is 35.4 Å². The second kappa shape index (κ2) is 12.3. The van der Waals surface area contributed by atoms with Crippen LogP contribution in [0.5, 0.6) is 0 Å². The summed E-state index contributed by atoms with van der Waals surface area (Å²) in [6.45, 7) is 1.79. The van der Waals surface area contributed by atoms with Crippen LogP contribution in [0.3, 0.4) is 0 Å². The minimum atomic E-state index is -1.73. The number of carbonyl (C=O) groups excluding carboxylic acids is 6. The minimum Gasteiger partial charge on any atom is -0.469 e. The lowest BCUT2D eigenvalue weighted by molar-refractivity contribution is -0.156. The standard InChI is InChI=1S/C22H26O10/c1-12-6-8-13(9-7-12)18(19(21(27)31-4)14(23)10-16(25)29-2)20(22(28)32-5)15(24)11-17(26)30-3/h6-9,18-20H,10-11H2,1-5H3/t19-,20-/m1/s1. The number of Topliss-reactive ketones (excluding diaryl/α,β-unsaturated/α-hetero) is 2. The summed E-state index contributed by atoms with van der Waals surface area (Å²) in [6.07, 6.45) is -1.59. The number of ketones is 2. The van der Waals surface area contributed by atoms with Crippen molar-refractivity contribution in [2.45, 2.75) is 25.7 Å². The maximum Gasteiger partial charge on any atom is 0.316 e. The fourth-order valence-electron chi connectivity index (χ4n) is 3.23. The first-order chi connectivity index (χ1) is 15.1. The fraction of sp³-hybridized carbons (Fsp3) is 0.455. The van der Waals surface area contributed by atoms with Crippen LogP contribution in [-0.2, 0) is 47.7 Å². The molecule has 0 N–H and O–H groups in total. The van der Waals surface area contributed by atoms with Gasteiger partial charge >= 0.3 is 23.9 Å². The highest BCUT2D eigenvalue weighted by Gasteiger charge is 2.48. The van der Waals surface area contributed by atoms with Crippen molar-refractivity contribution in [1.82, 2.24) is 0 Å². The fourth-order valence-corrected chi connectivity index (χ4v) is 3.23. The molecule has 0 saturated carbocycles. The first-order valence-corrected chi connectivity index (χ1v) is 9.52. The number of benzene rings is 1. The van der Waals surface area contributed by atoms with Gasteiger partial charge < -0.3 is 18.9 Å². The largest absolute Gasteiger partial charge is 0.469 e. The number of esters is 4. The summed E-state index contributed by atoms with van der Waals surface area (Å²) >= 11 is 0. The molecule has 0 aliphatic rings. The molecule has 0 unspecified atom stereocenters. The van der Waals surface area contributed by atoms with Crippen LogP contribution in [0.1, 0.15) is 29.9 Å². The molecule has 10 nitrogen and oxygen atoms in total. The van der Waals surface area contributed by atoms with Gasteiger partial charge in [0.15, 0.2) is 11.6 Å². The van der Waals surface area contributed by atoms with E-state index in [1.165, 1.54) is 12.1 Å². The summed E-state index contributed by atoms with van der Waals surface area (Å²) in [5.74, 6) is -10.7. The molecule has 0 bridgehead atoms. The van der Waals surface area contributed by atoms with Gasteiger partial charge in [0.05, 0.1) is 28.4 Å². The molecule has 0 heterocycles. The Kier molecular flexibility index (Phi) is 10.2. The molecule has 1 aromatic carbocycles. The van der Waals surface area contributed by atoms with Crippen LogP contribution in [0, 0.1) is 18.8 Å². The summed E-state index contributed by atoms with van der Waals surface area (Å²) in [6, 6.07) is 6.37. The SMILES string of the molecule is COC(=O)CC(=O)[C@@H](C(=O)OC)C(c1ccc(C)cc1)[C@@H](C(=O)CC(=O)OC)C(=O)OC. The zero-order chi connectivity index (χ0) is 24.4. The van der Waals surface area contributed by atoms with Crippen LogP contribution in [0.15, 0.2) is 24.3 Å². The minimum absolute atomic E-state index is 0.262. The Balaban J connectivity index is 3.71. The molecule has 0 aromatic heterocycles. The van der Waals surface area contributed by atoms with E-state index in [2.05, 4.69) is 9.47 Å². The van der Waals surface area contributed by atoms with Crippen LogP contribution in [0.25, 0.3) is 0 Å². The molecule has 0 aliphatic heterocycles. The quantitative estimate of drug-likeness (QED) is 0.272. The van der Waals surface area contributed by atoms with Gasteiger partial charge in [0.25, 0.3) is 0 Å². The first kappa shape index (κ1) is 26.5. The number of carbonyl (C=O) groups is 6. The molecule has 174 valence electrons. The Bertz CT molecular complexity index is 821. The topological polar surface area (TPSA) is 139 Å². The highest BCUT2D eigenvalue weighted by atomic mass is 16.5. The number of ether oxygens (including phenoxy) is 4. The lowest BCUT2D eigenvalue weighted by atomic mass is 9.72. The summed E-state index contributed by atoms with van der Waals surface area (Å²) in [4.78, 5) is 74.7. The second-order valence-electron chi connectivity index (χ2n) is 6.88. The van der Waals surface area contributed by atoms with E-state index in [0.717, 1.165) is 34.0 Å². The number of aryl methyl sites for hydroxylation is 1. The number of hydrogen-bond acceptors (Lipinski definition) is 10. The third-order valence-corrected chi connectivity index (χ3v) is 4.88. The van der Waals surface area contributed by atoms with E-state index in [9.17, 15) is 28.8 Å². The number of methoxy groups -OCH3 is 4. The molecule has 0 fully saturated rings. The van der Waals surface area contributed by atoms with E-state index in [-0.39, 0.29) is 5.56 Å². The van der Waals surface area contributed by atoms with E-state index < -0.39 is 66.0 Å². The van der Waals surface area contributed by atoms with Gasteiger partial charge in [-0.25, -0.2) is 0 Å². The summed E-state index contributed by atoms with van der Waals surface area (Å²) in [5, 5.41) is 0. The normalized spacial score (nSPS) is 12.3. The Morgan fingerprint density at radius 1 is 0.656 bits per heavy atom. The van der Waals surface area contributed by atoms with Crippen LogP contribution < -0.4 is 0 Å². The van der Waals surface area contributed by atoms with Crippen LogP contribution in [0.4, 0.5) is 0 Å². The molecule has 1 aromatic rings. The molecule has 2 atom stereocenters. The van der Waals surface area contributed by atoms with Gasteiger partial charge in [-0.05, 0) is 12.5 Å². The summed E-state index contributed by atoms with van der Waals surface area (Å²) < 4.78 is 18.5. The van der Waals surface area contributed by atoms with Gasteiger partial charge in [-0.15, -0.1) is 0 Å². The molecular weight excluding hydrogens is 424 g/mol. The average Bonchev–Trinajstić information content (AvgIpc) is 2.78. The Labute approximate surface area is 185 Å². The third-order valence-electron chi connectivity index (χ3n) is 4.88. The van der Waals surface area contributed by atoms with Crippen molar-refractivity contribution in [3.63, 3.8) is 0 Å². The number of hydrogen-bond donors (Lipinski definition) is 0. The Morgan fingerprint density at radius 3 is 1.34 bits per heavy atom. The van der Waals surface area contributed by atoms with Gasteiger partial charge in [-0.2, -0.15) is 0 Å². The van der Waals surface area contributed by atoms with Crippen molar-refractivity contribution in [1.29, 1.82) is 0 Å². The molecule has 32 heavy (non-hydrogen) atoms. The molecule has 10 heteroatoms. The van der Waals surface area contributed by atoms with Crippen molar-refractivity contribution in [2.75, 3.05) is 28.4 Å². The van der Waals surface area contributed by atoms with Crippen LogP contribution in [0.2, 0.25) is 0 Å². The van der Waals surface area contributed by atoms with Crippen molar-refractivity contribution < 1.29 is 47.7 Å². The smallest absolute Gasteiger partial charge is 0.316 e. The van der Waals surface area contributed by atoms with Gasteiger partial charge in [0.1, 0.15) is 24.7 Å². The molecule has 1 rings (SSSR count). The molecule has 0 amide bonds. The zero-order valence-corrected chi connectivity index (χ0v) is 18.5. The lowest BCUT2D eigenvalue weighted by Gasteiger charge is -2.29. The van der Waals surface area contributed by atoms with Crippen molar-refractivity contribution in [2.24, 2.45) is 11.8 Å². The van der Waals surface area contributed by atoms with Crippen LogP contribution in [-0.4, -0.2) is 63.9 Å². The maximum absolute atomic E-state index is 13.0. The van der Waals surface area contributed by atoms with E-state index in [0.29, 0.717) is 0 Å². The van der Waals surface area contributed by atoms with E-state index in [1.807, 2.05) is 0 Å². The predicted octanol–water partition coefficient (Wildman–Crippen LogP) is 0.921. The van der Waals surface area contributed by atoms with E-state index in [1.54, 1.807) is 19.1 Å². The number of rotatable bonds is 11. The van der Waals surface area contributed by atoms with Gasteiger partial charge in [-0.3, -0.25) is 28.8 Å². The van der Waals surface area contributed by atoms with Crippen LogP contribution >= 0.6 is 0 Å². The highest BCUT2D eigenvalue weighted by Crippen LogP contribution is 2.37. The predicted molar refractivity (Wildman–Crippen MR) is 108 cm³/mol. The monoisotopic (exact) mass is 450 g/mol. The first-order valence-electron chi connectivity index (χ1n) is 9.52. The van der Waals surface area contributed by atoms with Gasteiger partial charge in [0.2, 0.25) is 0 Å². The lowest BCUT2D eigenvalue weighted by Crippen LogP contribution is -2.42. The molecular formula is C22H26O10. The average molecular weight is 450 g/mol. The molecule has 0 radical (unpaired) electrons. The summed E-state index contributed by atoms with van der Waals surface area (Å²) in [7, 11) is 4.18. The van der Waals surface area contributed by atoms with Crippen molar-refractivity contribution in [3.8, 4) is 0 Å². The third kappa shape index (κ3) is 6.73. The van der Waals surface area contributed by atoms with Crippen molar-refractivity contribution >= 4 is 35.4 Å². The van der Waals surface area contributed by atoms with Gasteiger partial charge in [-0.1, -0.05) is 29.8 Å². The second-order valence-corrected chi connectivity index (χ2v) is 6.88. The maximum atomic E-state index is 13.0. The summed E-state index contributed by atoms with van der Waals surface area (Å²) in [5.41, 5.74) is 1.09. The molecule has 0 saturated heterocycles. The molecule has 0 aliphatic carbocycles. The zero-order valence-electron chi connectivity index (χ0n) is 18.5. The highest BCUT2D eigenvalue weighted by molar-refractivity contribution is 6.11. The Morgan fingerprint density at radius 2 is 1.03 bits per heavy atom.